The molecule has 10 aliphatic heterocycles. The predicted molar refractivity (Wildman–Crippen MR) is 160 cm³/mol. The number of hydrogen-bond donors (Lipinski definition) is 0. The van der Waals surface area contributed by atoms with Crippen LogP contribution < -0.4 is 10.6 Å². The molecule has 6 unspecified atom stereocenters. The summed E-state index contributed by atoms with van der Waals surface area (Å²) in [4.78, 5) is 10.7. The van der Waals surface area contributed by atoms with Crippen molar-refractivity contribution < 1.29 is 6.51 Å². The van der Waals surface area contributed by atoms with Gasteiger partial charge in [-0.25, -0.2) is 0 Å². The van der Waals surface area contributed by atoms with Crippen molar-refractivity contribution in [2.24, 2.45) is 0 Å². The summed E-state index contributed by atoms with van der Waals surface area (Å²) < 4.78 is 1.68. The first-order valence-electron chi connectivity index (χ1n) is 15.0. The second-order valence-corrected chi connectivity index (χ2v) is 49.4. The summed E-state index contributed by atoms with van der Waals surface area (Å²) in [6, 6.07) is 20.3. The van der Waals surface area contributed by atoms with Crippen LogP contribution in [0.3, 0.4) is 0 Å². The molecule has 0 bridgehead atoms. The molecule has 12 rings (SSSR count). The zero-order valence-electron chi connectivity index (χ0n) is 24.1. The Morgan fingerprint density at radius 1 is 0.649 bits per heavy atom. The van der Waals surface area contributed by atoms with Crippen LogP contribution in [0, 0.1) is 13.8 Å². The molecule has 6 atom stereocenters. The zero-order valence-corrected chi connectivity index (χ0v) is 27.0. The van der Waals surface area contributed by atoms with E-state index < -0.39 is 6.51 Å². The summed E-state index contributed by atoms with van der Waals surface area (Å²) in [5, 5.41) is 4.40. The third-order valence-corrected chi connectivity index (χ3v) is 74.7. The van der Waals surface area contributed by atoms with Crippen molar-refractivity contribution >= 4 is 26.5 Å². The first-order valence-corrected chi connectivity index (χ1v) is 24.0. The molecule has 1 spiro atoms. The Morgan fingerprint density at radius 2 is 1.05 bits per heavy atom. The molecular formula is C34H44FeP2. The molecule has 10 heterocycles. The van der Waals surface area contributed by atoms with Gasteiger partial charge in [0.2, 0.25) is 0 Å². The van der Waals surface area contributed by atoms with E-state index in [0.29, 0.717) is 10.3 Å². The van der Waals surface area contributed by atoms with Gasteiger partial charge in [-0.15, -0.1) is 0 Å². The summed E-state index contributed by atoms with van der Waals surface area (Å²) in [6.45, 7) is 19.5. The van der Waals surface area contributed by atoms with Crippen molar-refractivity contribution in [3.05, 3.63) is 59.7 Å². The van der Waals surface area contributed by atoms with Crippen LogP contribution >= 0.6 is 15.8 Å². The minimum absolute atomic E-state index is 0.0694. The summed E-state index contributed by atoms with van der Waals surface area (Å²) in [7, 11) is -0.330. The number of fused-ring (bicyclic) bond motifs is 10. The maximum absolute atomic E-state index is 3.70. The first kappa shape index (κ1) is 20.7. The SMILES string of the molecule is Cc1ccc(P(c2ccc(C)cc2)[C]23[CH]4[CH]5[CH]6[C]2(C(C)P(C(C)(C)C)C(C)(C)C)[Fe]56432789[CH]3[CH]2[CH]7[CH]8[CH]39)cc1. The number of rotatable bonds is 5. The molecule has 0 saturated carbocycles. The molecule has 0 nitrogen and oxygen atoms in total. The first-order chi connectivity index (χ1) is 17.1. The fourth-order valence-electron chi connectivity index (χ4n) is 22.7. The van der Waals surface area contributed by atoms with Gasteiger partial charge in [-0.05, 0) is 0 Å². The van der Waals surface area contributed by atoms with E-state index in [1.54, 1.807) is 10.6 Å². The Morgan fingerprint density at radius 3 is 1.38 bits per heavy atom. The Bertz CT molecular complexity index is 1800. The van der Waals surface area contributed by atoms with Crippen molar-refractivity contribution in [1.82, 2.24) is 0 Å². The molecule has 3 heteroatoms. The van der Waals surface area contributed by atoms with Crippen LogP contribution in [0.15, 0.2) is 48.5 Å². The molecule has 2 aromatic carbocycles. The van der Waals surface area contributed by atoms with Gasteiger partial charge in [0.05, 0.1) is 0 Å². The summed E-state index contributed by atoms with van der Waals surface area (Å²) in [5.74, 6) is 0. The minimum atomic E-state index is -3.70. The second-order valence-electron chi connectivity index (χ2n) is 19.2. The topological polar surface area (TPSA) is 0 Å². The molecule has 0 N–H and O–H groups in total. The average molecular weight is 571 g/mol. The molecule has 0 amide bonds. The molecule has 10 aliphatic rings. The van der Waals surface area contributed by atoms with E-state index in [-0.39, 0.29) is 15.8 Å². The van der Waals surface area contributed by atoms with Gasteiger partial charge in [-0.2, -0.15) is 0 Å². The van der Waals surface area contributed by atoms with E-state index >= 15 is 0 Å². The van der Waals surface area contributed by atoms with Gasteiger partial charge in [0.25, 0.3) is 0 Å². The normalized spacial score (nSPS) is 65.3. The van der Waals surface area contributed by atoms with Gasteiger partial charge in [0.1, 0.15) is 0 Å². The number of aryl methyl sites for hydroxylation is 2. The van der Waals surface area contributed by atoms with Gasteiger partial charge in [0, 0.05) is 0 Å². The fraction of sp³-hybridized carbons (Fsp3) is 0.647. The van der Waals surface area contributed by atoms with Crippen LogP contribution in [0.1, 0.15) is 59.6 Å². The molecular weight excluding hydrogens is 526 g/mol. The molecule has 198 valence electrons. The van der Waals surface area contributed by atoms with E-state index in [2.05, 4.69) is 111 Å². The van der Waals surface area contributed by atoms with Gasteiger partial charge in [-0.1, -0.05) is 0 Å². The zero-order chi connectivity index (χ0) is 25.6. The van der Waals surface area contributed by atoms with E-state index in [1.807, 2.05) is 0 Å². The Balaban J connectivity index is 1.19. The van der Waals surface area contributed by atoms with Gasteiger partial charge in [0.15, 0.2) is 0 Å². The van der Waals surface area contributed by atoms with Crippen LogP contribution in [0.5, 0.6) is 0 Å². The predicted octanol–water partition coefficient (Wildman–Crippen LogP) is 9.87. The molecule has 10 saturated heterocycles. The molecule has 2 aromatic rings. The Hall–Kier alpha value is -0.181. The Labute approximate surface area is 217 Å². The van der Waals surface area contributed by atoms with Crippen molar-refractivity contribution in [3.8, 4) is 0 Å². The third kappa shape index (κ3) is 0.512. The van der Waals surface area contributed by atoms with Crippen LogP contribution in [0.25, 0.3) is 0 Å². The second kappa shape index (κ2) is 2.93. The van der Waals surface area contributed by atoms with Crippen molar-refractivity contribution in [2.45, 2.75) is 125 Å². The standard InChI is InChI=1S/C29H39P2.C5H5.Fe/c1-21-13-17-24(18-14-21)30(25-19-15-22(2)16-20-25)27-12-10-11-26(27)23(3)31(28(4,5)6)29(7,8)9;1-2-4-5-3-1;/h10-20,23H,1-9H3;1-5H;. The van der Waals surface area contributed by atoms with Crippen LogP contribution in [-0.2, 0) is 6.51 Å². The van der Waals surface area contributed by atoms with Crippen LogP contribution in [-0.4, -0.2) is 20.0 Å². The van der Waals surface area contributed by atoms with Crippen molar-refractivity contribution in [2.75, 3.05) is 0 Å². The number of hydrogen-bond acceptors (Lipinski definition) is 0. The Kier molecular flexibility index (Phi) is 1.63. The van der Waals surface area contributed by atoms with Crippen molar-refractivity contribution in [3.63, 3.8) is 0 Å². The molecule has 37 heavy (non-hydrogen) atoms. The van der Waals surface area contributed by atoms with E-state index in [0.717, 1.165) is 14.0 Å². The van der Waals surface area contributed by atoms with E-state index in [1.165, 1.54) is 49.7 Å². The number of benzene rings is 2. The maximum atomic E-state index is 2.89. The van der Waals surface area contributed by atoms with Gasteiger partial charge >= 0.3 is 218 Å². The fourth-order valence-corrected chi connectivity index (χ4v) is 122. The summed E-state index contributed by atoms with van der Waals surface area (Å²) in [6.07, 6.45) is 0. The molecule has 0 radical (unpaired) electrons. The van der Waals surface area contributed by atoms with Crippen LogP contribution in [0.4, 0.5) is 0 Å². The van der Waals surface area contributed by atoms with Crippen LogP contribution in [0.2, 0.25) is 42.8 Å². The summed E-state index contributed by atoms with van der Waals surface area (Å²) in [5.41, 5.74) is 3.84. The van der Waals surface area contributed by atoms with Gasteiger partial charge < -0.3 is 0 Å². The summed E-state index contributed by atoms with van der Waals surface area (Å²) >= 11 is 0. The quantitative estimate of drug-likeness (QED) is 0.248. The third-order valence-electron chi connectivity index (χ3n) is 20.2. The monoisotopic (exact) mass is 570 g/mol. The van der Waals surface area contributed by atoms with E-state index in [4.69, 9.17) is 0 Å². The molecule has 0 aliphatic carbocycles. The van der Waals surface area contributed by atoms with Gasteiger partial charge in [-0.3, -0.25) is 0 Å². The molecule has 0 aromatic heterocycles. The van der Waals surface area contributed by atoms with Crippen molar-refractivity contribution in [1.29, 1.82) is 0 Å². The average Bonchev–Trinajstić information content (AvgIpc) is 3.74. The van der Waals surface area contributed by atoms with E-state index in [9.17, 15) is 0 Å². The molecule has 10 fully saturated rings.